The normalized spacial score (nSPS) is 10.1. The maximum atomic E-state index is 5.96. The second kappa shape index (κ2) is 7.36. The number of methoxy groups -OCH3 is 1. The fourth-order valence-corrected chi connectivity index (χ4v) is 2.36. The first-order chi connectivity index (χ1) is 11.4. The van der Waals surface area contributed by atoms with Gasteiger partial charge in [-0.1, -0.05) is 48.5 Å². The van der Waals surface area contributed by atoms with E-state index in [1.165, 1.54) is 0 Å². The average Bonchev–Trinajstić information content (AvgIpc) is 2.62. The Morgan fingerprint density at radius 3 is 2.17 bits per heavy atom. The molecule has 3 nitrogen and oxygen atoms in total. The van der Waals surface area contributed by atoms with Crippen molar-refractivity contribution in [1.82, 2.24) is 0 Å². The Labute approximate surface area is 136 Å². The van der Waals surface area contributed by atoms with Crippen molar-refractivity contribution in [3.8, 4) is 17.2 Å². The molecule has 0 saturated heterocycles. The zero-order valence-corrected chi connectivity index (χ0v) is 13.0. The highest BCUT2D eigenvalue weighted by molar-refractivity contribution is 5.58. The van der Waals surface area contributed by atoms with Crippen LogP contribution in [-0.2, 0) is 6.54 Å². The van der Waals surface area contributed by atoms with Crippen LogP contribution >= 0.6 is 0 Å². The zero-order chi connectivity index (χ0) is 15.9. The highest BCUT2D eigenvalue weighted by atomic mass is 16.5. The van der Waals surface area contributed by atoms with Gasteiger partial charge in [-0.3, -0.25) is 0 Å². The van der Waals surface area contributed by atoms with E-state index in [1.54, 1.807) is 7.11 Å². The van der Waals surface area contributed by atoms with Gasteiger partial charge in [-0.15, -0.1) is 0 Å². The fourth-order valence-electron chi connectivity index (χ4n) is 2.36. The summed E-state index contributed by atoms with van der Waals surface area (Å²) in [5.41, 5.74) is 2.05. The minimum Gasteiger partial charge on any atom is -0.496 e. The summed E-state index contributed by atoms with van der Waals surface area (Å²) in [6, 6.07) is 25.7. The summed E-state index contributed by atoms with van der Waals surface area (Å²) in [4.78, 5) is 0. The SMILES string of the molecule is COc1ccccc1CNc1ccccc1Oc1ccccc1. The molecular weight excluding hydrogens is 286 g/mol. The van der Waals surface area contributed by atoms with Gasteiger partial charge in [0.25, 0.3) is 0 Å². The van der Waals surface area contributed by atoms with Crippen molar-refractivity contribution in [2.75, 3.05) is 12.4 Å². The van der Waals surface area contributed by atoms with Crippen LogP contribution in [0.2, 0.25) is 0 Å². The molecule has 3 aromatic carbocycles. The molecule has 0 unspecified atom stereocenters. The molecule has 116 valence electrons. The first kappa shape index (κ1) is 15.0. The summed E-state index contributed by atoms with van der Waals surface area (Å²) in [5.74, 6) is 2.49. The van der Waals surface area contributed by atoms with Gasteiger partial charge in [-0.25, -0.2) is 0 Å². The zero-order valence-electron chi connectivity index (χ0n) is 13.0. The van der Waals surface area contributed by atoms with Crippen molar-refractivity contribution in [3.05, 3.63) is 84.4 Å². The van der Waals surface area contributed by atoms with Crippen molar-refractivity contribution < 1.29 is 9.47 Å². The van der Waals surface area contributed by atoms with Crippen LogP contribution in [0.15, 0.2) is 78.9 Å². The van der Waals surface area contributed by atoms with Crippen LogP contribution in [-0.4, -0.2) is 7.11 Å². The summed E-state index contributed by atoms with van der Waals surface area (Å²) in [5, 5.41) is 3.42. The minimum atomic E-state index is 0.666. The van der Waals surface area contributed by atoms with Crippen LogP contribution in [0.25, 0.3) is 0 Å². The number of anilines is 1. The smallest absolute Gasteiger partial charge is 0.150 e. The van der Waals surface area contributed by atoms with Gasteiger partial charge in [-0.05, 0) is 30.3 Å². The first-order valence-electron chi connectivity index (χ1n) is 7.54. The maximum Gasteiger partial charge on any atom is 0.150 e. The van der Waals surface area contributed by atoms with E-state index in [0.29, 0.717) is 6.54 Å². The lowest BCUT2D eigenvalue weighted by atomic mass is 10.2. The highest BCUT2D eigenvalue weighted by Gasteiger charge is 2.06. The molecule has 0 aliphatic carbocycles. The molecule has 3 aromatic rings. The Morgan fingerprint density at radius 1 is 0.739 bits per heavy atom. The van der Waals surface area contributed by atoms with E-state index in [-0.39, 0.29) is 0 Å². The Hall–Kier alpha value is -2.94. The molecule has 0 saturated carbocycles. The van der Waals surface area contributed by atoms with E-state index in [4.69, 9.17) is 9.47 Å². The minimum absolute atomic E-state index is 0.666. The van der Waals surface area contributed by atoms with E-state index < -0.39 is 0 Å². The molecule has 0 fully saturated rings. The summed E-state index contributed by atoms with van der Waals surface area (Å²) in [6.07, 6.45) is 0. The van der Waals surface area contributed by atoms with Crippen LogP contribution in [0.4, 0.5) is 5.69 Å². The molecule has 0 aromatic heterocycles. The maximum absolute atomic E-state index is 5.96. The van der Waals surface area contributed by atoms with Gasteiger partial charge in [0.05, 0.1) is 12.8 Å². The summed E-state index contributed by atoms with van der Waals surface area (Å²) < 4.78 is 11.3. The molecular formula is C20H19NO2. The summed E-state index contributed by atoms with van der Waals surface area (Å²) >= 11 is 0. The summed E-state index contributed by atoms with van der Waals surface area (Å²) in [7, 11) is 1.69. The van der Waals surface area contributed by atoms with E-state index >= 15 is 0 Å². The second-order valence-electron chi connectivity index (χ2n) is 5.08. The van der Waals surface area contributed by atoms with Gasteiger partial charge < -0.3 is 14.8 Å². The number of rotatable bonds is 6. The third-order valence-electron chi connectivity index (χ3n) is 3.52. The number of ether oxygens (including phenoxy) is 2. The van der Waals surface area contributed by atoms with Gasteiger partial charge in [-0.2, -0.15) is 0 Å². The number of nitrogens with one attached hydrogen (secondary N) is 1. The molecule has 1 N–H and O–H groups in total. The molecule has 0 amide bonds. The Kier molecular flexibility index (Phi) is 4.79. The van der Waals surface area contributed by atoms with Gasteiger partial charge in [0, 0.05) is 12.1 Å². The van der Waals surface area contributed by atoms with Crippen molar-refractivity contribution in [2.24, 2.45) is 0 Å². The number of hydrogen-bond acceptors (Lipinski definition) is 3. The Bertz CT molecular complexity index is 756. The number of para-hydroxylation sites is 4. The monoisotopic (exact) mass is 305 g/mol. The van der Waals surface area contributed by atoms with Crippen LogP contribution in [0.5, 0.6) is 17.2 Å². The van der Waals surface area contributed by atoms with E-state index in [2.05, 4.69) is 5.32 Å². The predicted molar refractivity (Wildman–Crippen MR) is 93.3 cm³/mol. The molecule has 23 heavy (non-hydrogen) atoms. The molecule has 0 aliphatic rings. The first-order valence-corrected chi connectivity index (χ1v) is 7.54. The quantitative estimate of drug-likeness (QED) is 0.687. The standard InChI is InChI=1S/C20H19NO2/c1-22-19-13-7-5-9-16(19)15-21-18-12-6-8-14-20(18)23-17-10-3-2-4-11-17/h2-14,21H,15H2,1H3. The highest BCUT2D eigenvalue weighted by Crippen LogP contribution is 2.30. The van der Waals surface area contributed by atoms with Gasteiger partial charge in [0.2, 0.25) is 0 Å². The van der Waals surface area contributed by atoms with Gasteiger partial charge in [0.15, 0.2) is 5.75 Å². The molecule has 0 radical (unpaired) electrons. The summed E-state index contributed by atoms with van der Waals surface area (Å²) in [6.45, 7) is 0.666. The van der Waals surface area contributed by atoms with Gasteiger partial charge >= 0.3 is 0 Å². The molecule has 3 rings (SSSR count). The molecule has 0 atom stereocenters. The molecule has 0 spiro atoms. The molecule has 3 heteroatoms. The number of hydrogen-bond donors (Lipinski definition) is 1. The van der Waals surface area contributed by atoms with Crippen molar-refractivity contribution in [2.45, 2.75) is 6.54 Å². The largest absolute Gasteiger partial charge is 0.496 e. The Morgan fingerprint density at radius 2 is 1.39 bits per heavy atom. The van der Waals surface area contributed by atoms with Crippen LogP contribution in [0.3, 0.4) is 0 Å². The lowest BCUT2D eigenvalue weighted by Gasteiger charge is -2.14. The fraction of sp³-hybridized carbons (Fsp3) is 0.100. The Balaban J connectivity index is 1.76. The predicted octanol–water partition coefficient (Wildman–Crippen LogP) is 5.10. The van der Waals surface area contributed by atoms with Crippen LogP contribution < -0.4 is 14.8 Å². The third-order valence-corrected chi connectivity index (χ3v) is 3.52. The van der Waals surface area contributed by atoms with E-state index in [9.17, 15) is 0 Å². The van der Waals surface area contributed by atoms with Crippen molar-refractivity contribution in [1.29, 1.82) is 0 Å². The molecule has 0 bridgehead atoms. The molecule has 0 aliphatic heterocycles. The van der Waals surface area contributed by atoms with E-state index in [1.807, 2.05) is 78.9 Å². The lowest BCUT2D eigenvalue weighted by Crippen LogP contribution is -2.02. The van der Waals surface area contributed by atoms with Crippen LogP contribution in [0.1, 0.15) is 5.56 Å². The van der Waals surface area contributed by atoms with Crippen LogP contribution in [0, 0.1) is 0 Å². The van der Waals surface area contributed by atoms with Crippen molar-refractivity contribution in [3.63, 3.8) is 0 Å². The van der Waals surface area contributed by atoms with Gasteiger partial charge in [0.1, 0.15) is 11.5 Å². The second-order valence-corrected chi connectivity index (χ2v) is 5.08. The number of benzene rings is 3. The van der Waals surface area contributed by atoms with E-state index in [0.717, 1.165) is 28.5 Å². The average molecular weight is 305 g/mol. The third kappa shape index (κ3) is 3.83. The topological polar surface area (TPSA) is 30.5 Å². The lowest BCUT2D eigenvalue weighted by molar-refractivity contribution is 0.410. The van der Waals surface area contributed by atoms with Crippen molar-refractivity contribution >= 4 is 5.69 Å². The molecule has 0 heterocycles.